The SMILES string of the molecule is CNC(=O)c1c(NC(=O)c2ccc(S(=O)(=O)N3CCCCCC3)cc2)sc2c1CCN(C(=O)OC)C2. The molecule has 1 aromatic heterocycles. The molecule has 2 aromatic rings. The number of hydrogen-bond acceptors (Lipinski definition) is 7. The number of anilines is 1. The first-order chi connectivity index (χ1) is 17.3. The van der Waals surface area contributed by atoms with E-state index in [2.05, 4.69) is 10.6 Å². The highest BCUT2D eigenvalue weighted by atomic mass is 32.2. The quantitative estimate of drug-likeness (QED) is 0.608. The van der Waals surface area contributed by atoms with Crippen molar-refractivity contribution in [3.05, 3.63) is 45.8 Å². The van der Waals surface area contributed by atoms with Crippen LogP contribution < -0.4 is 10.6 Å². The van der Waals surface area contributed by atoms with Crippen LogP contribution in [0.25, 0.3) is 0 Å². The van der Waals surface area contributed by atoms with E-state index in [4.69, 9.17) is 4.74 Å². The van der Waals surface area contributed by atoms with Crippen LogP contribution in [0.4, 0.5) is 9.80 Å². The molecular weight excluding hydrogens is 504 g/mol. The molecule has 2 aliphatic heterocycles. The fourth-order valence-corrected chi connectivity index (χ4v) is 7.30. The van der Waals surface area contributed by atoms with Gasteiger partial charge < -0.3 is 20.3 Å². The highest BCUT2D eigenvalue weighted by Crippen LogP contribution is 2.37. The molecule has 36 heavy (non-hydrogen) atoms. The second-order valence-corrected chi connectivity index (χ2v) is 11.8. The van der Waals surface area contributed by atoms with Crippen molar-refractivity contribution in [2.45, 2.75) is 43.5 Å². The Bertz CT molecular complexity index is 1250. The van der Waals surface area contributed by atoms with Gasteiger partial charge in [-0.25, -0.2) is 13.2 Å². The Morgan fingerprint density at radius 2 is 1.64 bits per heavy atom. The first-order valence-corrected chi connectivity index (χ1v) is 14.1. The van der Waals surface area contributed by atoms with Gasteiger partial charge in [-0.1, -0.05) is 12.8 Å². The van der Waals surface area contributed by atoms with Gasteiger partial charge in [0.25, 0.3) is 11.8 Å². The van der Waals surface area contributed by atoms with Crippen molar-refractivity contribution >= 4 is 44.3 Å². The van der Waals surface area contributed by atoms with Crippen molar-refractivity contribution in [1.29, 1.82) is 0 Å². The Balaban J connectivity index is 1.54. The molecule has 12 heteroatoms. The summed E-state index contributed by atoms with van der Waals surface area (Å²) in [5, 5.41) is 5.81. The van der Waals surface area contributed by atoms with Crippen LogP contribution >= 0.6 is 11.3 Å². The number of rotatable bonds is 5. The summed E-state index contributed by atoms with van der Waals surface area (Å²) >= 11 is 1.24. The average molecular weight is 535 g/mol. The molecule has 0 radical (unpaired) electrons. The molecule has 194 valence electrons. The van der Waals surface area contributed by atoms with Gasteiger partial charge in [0, 0.05) is 37.1 Å². The van der Waals surface area contributed by atoms with E-state index in [1.807, 2.05) is 0 Å². The normalized spacial score (nSPS) is 16.6. The van der Waals surface area contributed by atoms with E-state index in [0.29, 0.717) is 36.6 Å². The summed E-state index contributed by atoms with van der Waals surface area (Å²) in [6.45, 7) is 1.70. The molecule has 4 rings (SSSR count). The number of thiophene rings is 1. The molecule has 10 nitrogen and oxygen atoms in total. The number of nitrogens with one attached hydrogen (secondary N) is 2. The third kappa shape index (κ3) is 5.25. The number of carbonyl (C=O) groups is 3. The summed E-state index contributed by atoms with van der Waals surface area (Å²) in [7, 11) is -0.780. The Morgan fingerprint density at radius 1 is 0.972 bits per heavy atom. The van der Waals surface area contributed by atoms with Gasteiger partial charge in [0.05, 0.1) is 24.1 Å². The zero-order valence-corrected chi connectivity index (χ0v) is 22.0. The zero-order chi connectivity index (χ0) is 25.9. The van der Waals surface area contributed by atoms with E-state index < -0.39 is 22.0 Å². The lowest BCUT2D eigenvalue weighted by atomic mass is 10.0. The number of benzene rings is 1. The van der Waals surface area contributed by atoms with E-state index in [1.54, 1.807) is 4.90 Å². The number of ether oxygens (including phenoxy) is 1. The first kappa shape index (κ1) is 26.1. The van der Waals surface area contributed by atoms with Crippen molar-refractivity contribution in [2.75, 3.05) is 39.1 Å². The number of nitrogens with zero attached hydrogens (tertiary/aromatic N) is 2. The number of sulfonamides is 1. The molecular formula is C24H30N4O6S2. The minimum absolute atomic E-state index is 0.154. The van der Waals surface area contributed by atoms with Gasteiger partial charge in [-0.05, 0) is 49.1 Å². The predicted octanol–water partition coefficient (Wildman–Crippen LogP) is 3.05. The molecule has 0 spiro atoms. The molecule has 1 fully saturated rings. The summed E-state index contributed by atoms with van der Waals surface area (Å²) in [4.78, 5) is 40.1. The minimum Gasteiger partial charge on any atom is -0.453 e. The molecule has 2 aliphatic rings. The van der Waals surface area contributed by atoms with Gasteiger partial charge in [0.1, 0.15) is 5.00 Å². The van der Waals surface area contributed by atoms with Crippen molar-refractivity contribution in [3.63, 3.8) is 0 Å². The Morgan fingerprint density at radius 3 is 2.25 bits per heavy atom. The van der Waals surface area contributed by atoms with E-state index in [9.17, 15) is 22.8 Å². The third-order valence-electron chi connectivity index (χ3n) is 6.49. The number of fused-ring (bicyclic) bond motifs is 1. The average Bonchev–Trinajstić information content (AvgIpc) is 3.04. The van der Waals surface area contributed by atoms with Crippen molar-refractivity contribution in [1.82, 2.24) is 14.5 Å². The van der Waals surface area contributed by atoms with Gasteiger partial charge in [0.2, 0.25) is 10.0 Å². The molecule has 0 unspecified atom stereocenters. The molecule has 0 aliphatic carbocycles. The largest absolute Gasteiger partial charge is 0.453 e. The van der Waals surface area contributed by atoms with Crippen LogP contribution in [0, 0.1) is 0 Å². The van der Waals surface area contributed by atoms with Gasteiger partial charge in [-0.2, -0.15) is 4.31 Å². The summed E-state index contributed by atoms with van der Waals surface area (Å²) in [5.41, 5.74) is 1.46. The monoisotopic (exact) mass is 534 g/mol. The highest BCUT2D eigenvalue weighted by Gasteiger charge is 2.31. The van der Waals surface area contributed by atoms with E-state index in [1.165, 1.54) is 54.1 Å². The standard InChI is InChI=1S/C24H30N4O6S2/c1-25-22(30)20-18-11-14-27(24(31)34-2)15-19(18)35-23(20)26-21(29)16-7-9-17(10-8-16)36(32,33)28-12-5-3-4-6-13-28/h7-10H,3-6,11-15H2,1-2H3,(H,25,30)(H,26,29). The second kappa shape index (κ2) is 11.0. The molecule has 3 heterocycles. The molecule has 0 atom stereocenters. The van der Waals surface area contributed by atoms with Crippen molar-refractivity contribution in [2.24, 2.45) is 0 Å². The van der Waals surface area contributed by atoms with Crippen LogP contribution in [-0.4, -0.2) is 69.3 Å². The first-order valence-electron chi connectivity index (χ1n) is 11.9. The number of methoxy groups -OCH3 is 1. The lowest BCUT2D eigenvalue weighted by Gasteiger charge is -2.25. The fourth-order valence-electron chi connectivity index (χ4n) is 4.53. The Labute approximate surface area is 214 Å². The van der Waals surface area contributed by atoms with Gasteiger partial charge in [-0.15, -0.1) is 11.3 Å². The van der Waals surface area contributed by atoms with Crippen LogP contribution in [-0.2, 0) is 27.7 Å². The molecule has 0 saturated carbocycles. The van der Waals surface area contributed by atoms with Crippen molar-refractivity contribution in [3.8, 4) is 0 Å². The Kier molecular flexibility index (Phi) is 7.96. The van der Waals surface area contributed by atoms with Crippen LogP contribution in [0.5, 0.6) is 0 Å². The molecule has 1 aromatic carbocycles. The Hall–Kier alpha value is -2.96. The molecule has 0 bridgehead atoms. The van der Waals surface area contributed by atoms with E-state index in [0.717, 1.165) is 36.1 Å². The fraction of sp³-hybridized carbons (Fsp3) is 0.458. The van der Waals surface area contributed by atoms with Gasteiger partial charge >= 0.3 is 6.09 Å². The summed E-state index contributed by atoms with van der Waals surface area (Å²) < 4.78 is 32.4. The summed E-state index contributed by atoms with van der Waals surface area (Å²) in [5.74, 6) is -0.782. The zero-order valence-electron chi connectivity index (χ0n) is 20.3. The van der Waals surface area contributed by atoms with E-state index in [-0.39, 0.29) is 22.9 Å². The van der Waals surface area contributed by atoms with Crippen LogP contribution in [0.2, 0.25) is 0 Å². The number of amides is 3. The minimum atomic E-state index is -3.62. The number of carbonyl (C=O) groups excluding carboxylic acids is 3. The maximum Gasteiger partial charge on any atom is 0.409 e. The highest BCUT2D eigenvalue weighted by molar-refractivity contribution is 7.89. The van der Waals surface area contributed by atoms with Gasteiger partial charge in [-0.3, -0.25) is 9.59 Å². The van der Waals surface area contributed by atoms with Gasteiger partial charge in [0.15, 0.2) is 0 Å². The number of hydrogen-bond donors (Lipinski definition) is 2. The van der Waals surface area contributed by atoms with E-state index >= 15 is 0 Å². The topological polar surface area (TPSA) is 125 Å². The second-order valence-electron chi connectivity index (χ2n) is 8.73. The molecule has 2 N–H and O–H groups in total. The lowest BCUT2D eigenvalue weighted by Crippen LogP contribution is -2.35. The molecule has 3 amide bonds. The third-order valence-corrected chi connectivity index (χ3v) is 9.54. The molecule has 1 saturated heterocycles. The van der Waals surface area contributed by atoms with Crippen LogP contribution in [0.3, 0.4) is 0 Å². The lowest BCUT2D eigenvalue weighted by molar-refractivity contribution is 0.0962. The predicted molar refractivity (Wildman–Crippen MR) is 136 cm³/mol. The van der Waals surface area contributed by atoms with Crippen molar-refractivity contribution < 1.29 is 27.5 Å². The van der Waals surface area contributed by atoms with Crippen LogP contribution in [0.15, 0.2) is 29.2 Å². The van der Waals surface area contributed by atoms with Crippen LogP contribution in [0.1, 0.15) is 56.8 Å². The summed E-state index contributed by atoms with van der Waals surface area (Å²) in [6.07, 6.45) is 3.75. The maximum atomic E-state index is 13.0. The summed E-state index contributed by atoms with van der Waals surface area (Å²) in [6, 6.07) is 5.85. The maximum absolute atomic E-state index is 13.0. The smallest absolute Gasteiger partial charge is 0.409 e.